The molecule has 2 aromatic heterocycles. The maximum absolute atomic E-state index is 12.0. The largest absolute Gasteiger partial charge is 0.478 e. The number of carbonyl (C=O) groups is 1. The lowest BCUT2D eigenvalue weighted by molar-refractivity contribution is 0.0697. The molecule has 2 aromatic rings. The van der Waals surface area contributed by atoms with Crippen molar-refractivity contribution >= 4 is 17.3 Å². The van der Waals surface area contributed by atoms with Gasteiger partial charge in [-0.3, -0.25) is 9.78 Å². The first kappa shape index (κ1) is 23.1. The minimum atomic E-state index is -0.976. The van der Waals surface area contributed by atoms with Crippen molar-refractivity contribution in [3.63, 3.8) is 0 Å². The van der Waals surface area contributed by atoms with Crippen molar-refractivity contribution in [1.82, 2.24) is 9.55 Å². The van der Waals surface area contributed by atoms with Crippen molar-refractivity contribution in [3.8, 4) is 0 Å². The number of aromatic carboxylic acids is 1. The topological polar surface area (TPSA) is 87.5 Å². The molecule has 7 heteroatoms. The molecule has 1 aliphatic carbocycles. The average molecular weight is 435 g/mol. The van der Waals surface area contributed by atoms with E-state index in [0.29, 0.717) is 12.2 Å². The van der Waals surface area contributed by atoms with Crippen molar-refractivity contribution in [1.29, 1.82) is 0 Å². The predicted octanol–water partition coefficient (Wildman–Crippen LogP) is 4.21. The van der Waals surface area contributed by atoms with Crippen LogP contribution in [-0.2, 0) is 7.05 Å². The Kier molecular flexibility index (Phi) is 7.30. The van der Waals surface area contributed by atoms with Crippen LogP contribution in [0.15, 0.2) is 77.2 Å². The van der Waals surface area contributed by atoms with Gasteiger partial charge in [-0.05, 0) is 55.5 Å². The van der Waals surface area contributed by atoms with Crippen LogP contribution in [0.3, 0.4) is 0 Å². The first-order chi connectivity index (χ1) is 15.3. The molecule has 168 valence electrons. The van der Waals surface area contributed by atoms with Gasteiger partial charge in [0.25, 0.3) is 5.56 Å². The molecule has 0 fully saturated rings. The van der Waals surface area contributed by atoms with Crippen LogP contribution >= 0.6 is 0 Å². The van der Waals surface area contributed by atoms with E-state index in [4.69, 9.17) is 0 Å². The Labute approximate surface area is 188 Å². The number of anilines is 2. The summed E-state index contributed by atoms with van der Waals surface area (Å²) >= 11 is 0. The van der Waals surface area contributed by atoms with Gasteiger partial charge in [-0.1, -0.05) is 12.7 Å². The molecule has 1 aliphatic rings. The van der Waals surface area contributed by atoms with Crippen LogP contribution < -0.4 is 15.8 Å². The Bertz CT molecular complexity index is 1130. The van der Waals surface area contributed by atoms with Crippen LogP contribution in [-0.4, -0.2) is 34.2 Å². The molecule has 7 nitrogen and oxygen atoms in total. The van der Waals surface area contributed by atoms with Crippen LogP contribution in [0.1, 0.15) is 36.5 Å². The molecular formula is C25H30N4O3. The van der Waals surface area contributed by atoms with E-state index < -0.39 is 5.97 Å². The molecule has 0 bridgehead atoms. The molecule has 0 aromatic carbocycles. The minimum absolute atomic E-state index is 0.0481. The standard InChI is InChI=1S/C25H30N4O3/c1-5-21-18(13-17(2)29(4)20-10-12-28(3)24(30)14-20)7-6-8-19(21)15-27-23-16-26-11-9-22(23)25(31)32/h5,9-14,16,19,27H,1,6-8,15H2,2-4H3,(H,31,32)/b17-13+/t19-/m0/s1. The highest BCUT2D eigenvalue weighted by Crippen LogP contribution is 2.33. The number of allylic oxidation sites excluding steroid dienone is 4. The van der Waals surface area contributed by atoms with E-state index >= 15 is 0 Å². The van der Waals surface area contributed by atoms with Gasteiger partial charge >= 0.3 is 5.97 Å². The van der Waals surface area contributed by atoms with Crippen molar-refractivity contribution < 1.29 is 9.90 Å². The van der Waals surface area contributed by atoms with Gasteiger partial charge in [0, 0.05) is 56.4 Å². The SMILES string of the molecule is C=CC1=C(/C=C(\C)N(C)c2ccn(C)c(=O)c2)CCC[C@H]1CNc1cnccc1C(=O)O. The first-order valence-electron chi connectivity index (χ1n) is 10.7. The molecule has 2 heterocycles. The molecule has 2 N–H and O–H groups in total. The van der Waals surface area contributed by atoms with Crippen LogP contribution in [0.5, 0.6) is 0 Å². The molecule has 3 rings (SSSR count). The average Bonchev–Trinajstić information content (AvgIpc) is 2.79. The van der Waals surface area contributed by atoms with Crippen molar-refractivity contribution in [2.24, 2.45) is 13.0 Å². The number of hydrogen-bond acceptors (Lipinski definition) is 5. The van der Waals surface area contributed by atoms with Crippen LogP contribution in [0.4, 0.5) is 11.4 Å². The maximum atomic E-state index is 12.0. The number of nitrogens with zero attached hydrogens (tertiary/aromatic N) is 3. The monoisotopic (exact) mass is 434 g/mol. The molecule has 1 atom stereocenters. The smallest absolute Gasteiger partial charge is 0.337 e. The Morgan fingerprint density at radius 2 is 2.22 bits per heavy atom. The normalized spacial score (nSPS) is 16.6. The van der Waals surface area contributed by atoms with Gasteiger partial charge in [-0.2, -0.15) is 0 Å². The molecule has 0 saturated carbocycles. The lowest BCUT2D eigenvalue weighted by atomic mass is 9.82. The van der Waals surface area contributed by atoms with E-state index in [2.05, 4.69) is 23.0 Å². The summed E-state index contributed by atoms with van der Waals surface area (Å²) in [6, 6.07) is 5.05. The highest BCUT2D eigenvalue weighted by atomic mass is 16.4. The van der Waals surface area contributed by atoms with Gasteiger partial charge in [-0.25, -0.2) is 4.79 Å². The molecule has 0 saturated heterocycles. The summed E-state index contributed by atoms with van der Waals surface area (Å²) in [7, 11) is 3.68. The first-order valence-corrected chi connectivity index (χ1v) is 10.7. The second kappa shape index (κ2) is 10.1. The number of nitrogens with one attached hydrogen (secondary N) is 1. The van der Waals surface area contributed by atoms with Crippen molar-refractivity contribution in [2.45, 2.75) is 26.2 Å². The zero-order valence-corrected chi connectivity index (χ0v) is 18.8. The fourth-order valence-corrected chi connectivity index (χ4v) is 4.02. The molecule has 0 radical (unpaired) electrons. The summed E-state index contributed by atoms with van der Waals surface area (Å²) < 4.78 is 1.55. The third-order valence-electron chi connectivity index (χ3n) is 6.01. The van der Waals surface area contributed by atoms with Gasteiger partial charge in [0.2, 0.25) is 0 Å². The van der Waals surface area contributed by atoms with Gasteiger partial charge in [0.05, 0.1) is 17.4 Å². The van der Waals surface area contributed by atoms with Crippen LogP contribution in [0.25, 0.3) is 0 Å². The van der Waals surface area contributed by atoms with Crippen molar-refractivity contribution in [2.75, 3.05) is 23.8 Å². The summed E-state index contributed by atoms with van der Waals surface area (Å²) in [5, 5.41) is 12.7. The van der Waals surface area contributed by atoms with E-state index in [1.54, 1.807) is 30.1 Å². The van der Waals surface area contributed by atoms with Crippen LogP contribution in [0, 0.1) is 5.92 Å². The van der Waals surface area contributed by atoms with Gasteiger partial charge in [0.15, 0.2) is 0 Å². The lowest BCUT2D eigenvalue weighted by Gasteiger charge is -2.28. The number of hydrogen-bond donors (Lipinski definition) is 2. The van der Waals surface area contributed by atoms with Crippen molar-refractivity contribution in [3.05, 3.63) is 88.3 Å². The van der Waals surface area contributed by atoms with E-state index in [0.717, 1.165) is 30.6 Å². The number of aryl methyl sites for hydroxylation is 1. The lowest BCUT2D eigenvalue weighted by Crippen LogP contribution is -2.22. The zero-order chi connectivity index (χ0) is 23.3. The Morgan fingerprint density at radius 1 is 1.44 bits per heavy atom. The van der Waals surface area contributed by atoms with E-state index in [1.807, 2.05) is 31.0 Å². The van der Waals surface area contributed by atoms with Crippen LogP contribution in [0.2, 0.25) is 0 Å². The minimum Gasteiger partial charge on any atom is -0.478 e. The number of aromatic nitrogens is 2. The molecular weight excluding hydrogens is 404 g/mol. The number of rotatable bonds is 8. The van der Waals surface area contributed by atoms with Gasteiger partial charge in [0.1, 0.15) is 0 Å². The highest BCUT2D eigenvalue weighted by molar-refractivity contribution is 5.93. The highest BCUT2D eigenvalue weighted by Gasteiger charge is 2.21. The molecule has 0 unspecified atom stereocenters. The van der Waals surface area contributed by atoms with Gasteiger partial charge < -0.3 is 19.9 Å². The number of carboxylic acids is 1. The number of pyridine rings is 2. The number of carboxylic acid groups (broad SMARTS) is 1. The molecule has 0 amide bonds. The Hall–Kier alpha value is -3.61. The Morgan fingerprint density at radius 3 is 2.91 bits per heavy atom. The fourth-order valence-electron chi connectivity index (χ4n) is 4.02. The molecule has 0 spiro atoms. The van der Waals surface area contributed by atoms with Gasteiger partial charge in [-0.15, -0.1) is 0 Å². The Balaban J connectivity index is 1.82. The summed E-state index contributed by atoms with van der Waals surface area (Å²) in [5.41, 5.74) is 4.94. The van der Waals surface area contributed by atoms with E-state index in [-0.39, 0.29) is 17.0 Å². The third-order valence-corrected chi connectivity index (χ3v) is 6.01. The third kappa shape index (κ3) is 5.17. The summed E-state index contributed by atoms with van der Waals surface area (Å²) in [4.78, 5) is 29.5. The predicted molar refractivity (Wildman–Crippen MR) is 128 cm³/mol. The maximum Gasteiger partial charge on any atom is 0.337 e. The summed E-state index contributed by atoms with van der Waals surface area (Å²) in [5.74, 6) is -0.757. The molecule has 0 aliphatic heterocycles. The zero-order valence-electron chi connectivity index (χ0n) is 18.8. The summed E-state index contributed by atoms with van der Waals surface area (Å²) in [6.45, 7) is 6.67. The second-order valence-electron chi connectivity index (χ2n) is 8.06. The summed E-state index contributed by atoms with van der Waals surface area (Å²) in [6.07, 6.45) is 11.9. The van der Waals surface area contributed by atoms with E-state index in [1.165, 1.54) is 23.4 Å². The van der Waals surface area contributed by atoms with E-state index in [9.17, 15) is 14.7 Å². The fraction of sp³-hybridized carbons (Fsp3) is 0.320. The second-order valence-corrected chi connectivity index (χ2v) is 8.06. The molecule has 32 heavy (non-hydrogen) atoms. The quantitative estimate of drug-likeness (QED) is 0.647.